The van der Waals surface area contributed by atoms with E-state index in [9.17, 15) is 0 Å². The van der Waals surface area contributed by atoms with Crippen molar-refractivity contribution in [3.8, 4) is 0 Å². The fraction of sp³-hybridized carbons (Fsp3) is 0.867. The van der Waals surface area contributed by atoms with E-state index in [-0.39, 0.29) is 0 Å². The van der Waals surface area contributed by atoms with Crippen LogP contribution in [0.2, 0.25) is 0 Å². The predicted molar refractivity (Wildman–Crippen MR) is 71.9 cm³/mol. The first kappa shape index (κ1) is 12.9. The lowest BCUT2D eigenvalue weighted by Crippen LogP contribution is -2.38. The van der Waals surface area contributed by atoms with Crippen LogP contribution in [0.5, 0.6) is 0 Å². The Morgan fingerprint density at radius 1 is 1.24 bits per heavy atom. The number of ether oxygens (including phenoxy) is 1. The summed E-state index contributed by atoms with van der Waals surface area (Å²) in [6.45, 7) is 4.14. The summed E-state index contributed by atoms with van der Waals surface area (Å²) in [5.41, 5.74) is 0. The lowest BCUT2D eigenvalue weighted by molar-refractivity contribution is 0.181. The maximum absolute atomic E-state index is 5.79. The minimum absolute atomic E-state index is 0.487. The van der Waals surface area contributed by atoms with Crippen LogP contribution in [-0.4, -0.2) is 19.2 Å². The van der Waals surface area contributed by atoms with Crippen LogP contribution in [0.1, 0.15) is 58.3 Å². The van der Waals surface area contributed by atoms with Crippen molar-refractivity contribution in [1.82, 2.24) is 5.32 Å². The van der Waals surface area contributed by atoms with Gasteiger partial charge in [-0.05, 0) is 31.4 Å². The molecule has 98 valence electrons. The van der Waals surface area contributed by atoms with Gasteiger partial charge in [-0.25, -0.2) is 0 Å². The summed E-state index contributed by atoms with van der Waals surface area (Å²) in [7, 11) is 0. The maximum atomic E-state index is 5.79. The Morgan fingerprint density at radius 3 is 2.53 bits per heavy atom. The first-order valence-corrected chi connectivity index (χ1v) is 7.48. The molecule has 1 heterocycles. The second-order valence-corrected chi connectivity index (χ2v) is 5.38. The Kier molecular flexibility index (Phi) is 5.37. The van der Waals surface area contributed by atoms with E-state index in [2.05, 4.69) is 18.3 Å². The summed E-state index contributed by atoms with van der Waals surface area (Å²) < 4.78 is 5.79. The Balaban J connectivity index is 1.96. The molecule has 2 aliphatic rings. The van der Waals surface area contributed by atoms with Crippen molar-refractivity contribution in [2.45, 2.75) is 64.3 Å². The minimum Gasteiger partial charge on any atom is -0.496 e. The van der Waals surface area contributed by atoms with Gasteiger partial charge >= 0.3 is 0 Å². The molecule has 0 aromatic rings. The van der Waals surface area contributed by atoms with E-state index < -0.39 is 0 Å². The van der Waals surface area contributed by atoms with E-state index in [1.54, 1.807) is 0 Å². The Morgan fingerprint density at radius 2 is 1.94 bits per heavy atom. The predicted octanol–water partition coefficient (Wildman–Crippen LogP) is 3.63. The Labute approximate surface area is 106 Å². The molecule has 2 rings (SSSR count). The quantitative estimate of drug-likeness (QED) is 0.806. The number of likely N-dealkylation sites (N-methyl/N-ethyl adjacent to an activating group) is 1. The lowest BCUT2D eigenvalue weighted by Gasteiger charge is -2.29. The number of hydrogen-bond donors (Lipinski definition) is 1. The van der Waals surface area contributed by atoms with E-state index in [4.69, 9.17) is 4.74 Å². The van der Waals surface area contributed by atoms with Crippen LogP contribution < -0.4 is 5.32 Å². The zero-order valence-corrected chi connectivity index (χ0v) is 11.2. The molecule has 17 heavy (non-hydrogen) atoms. The number of nitrogens with one attached hydrogen (secondary N) is 1. The summed E-state index contributed by atoms with van der Waals surface area (Å²) in [5, 5.41) is 3.65. The van der Waals surface area contributed by atoms with Crippen molar-refractivity contribution < 1.29 is 4.74 Å². The standard InChI is InChI=1S/C15H27NO/c1-2-16-15(14-11-8-12-17-14)13-9-6-4-3-5-7-10-13/h11,13,15-16H,2-10,12H2,1H3. The molecule has 1 unspecified atom stereocenters. The van der Waals surface area contributed by atoms with Crippen LogP contribution in [0.15, 0.2) is 11.8 Å². The van der Waals surface area contributed by atoms with E-state index in [0.29, 0.717) is 6.04 Å². The highest BCUT2D eigenvalue weighted by Crippen LogP contribution is 2.29. The van der Waals surface area contributed by atoms with E-state index in [0.717, 1.165) is 25.5 Å². The zero-order chi connectivity index (χ0) is 11.9. The van der Waals surface area contributed by atoms with Crippen LogP contribution in [0.4, 0.5) is 0 Å². The lowest BCUT2D eigenvalue weighted by atomic mass is 9.85. The summed E-state index contributed by atoms with van der Waals surface area (Å²) in [6.07, 6.45) is 13.2. The first-order chi connectivity index (χ1) is 8.42. The second kappa shape index (κ2) is 7.05. The number of hydrogen-bond acceptors (Lipinski definition) is 2. The molecular formula is C15H27NO. The molecule has 1 N–H and O–H groups in total. The van der Waals surface area contributed by atoms with Crippen LogP contribution >= 0.6 is 0 Å². The second-order valence-electron chi connectivity index (χ2n) is 5.38. The molecular weight excluding hydrogens is 210 g/mol. The molecule has 0 aromatic carbocycles. The van der Waals surface area contributed by atoms with Gasteiger partial charge in [-0.3, -0.25) is 0 Å². The van der Waals surface area contributed by atoms with Crippen molar-refractivity contribution in [1.29, 1.82) is 0 Å². The van der Waals surface area contributed by atoms with Crippen molar-refractivity contribution in [3.63, 3.8) is 0 Å². The zero-order valence-electron chi connectivity index (χ0n) is 11.2. The van der Waals surface area contributed by atoms with Gasteiger partial charge in [-0.2, -0.15) is 0 Å². The topological polar surface area (TPSA) is 21.3 Å². The number of rotatable bonds is 4. The Bertz CT molecular complexity index is 241. The van der Waals surface area contributed by atoms with Gasteiger partial charge in [0.05, 0.1) is 12.6 Å². The van der Waals surface area contributed by atoms with Gasteiger partial charge in [-0.1, -0.05) is 39.0 Å². The highest BCUT2D eigenvalue weighted by Gasteiger charge is 2.27. The van der Waals surface area contributed by atoms with Gasteiger partial charge in [-0.15, -0.1) is 0 Å². The van der Waals surface area contributed by atoms with E-state index in [1.807, 2.05) is 0 Å². The third kappa shape index (κ3) is 3.74. The molecule has 0 radical (unpaired) electrons. The SMILES string of the molecule is CCNC(C1=CCCO1)C1CCCCCCC1. The van der Waals surface area contributed by atoms with E-state index in [1.165, 1.54) is 50.7 Å². The molecule has 0 aromatic heterocycles. The fourth-order valence-electron chi connectivity index (χ4n) is 3.19. The van der Waals surface area contributed by atoms with Gasteiger partial charge in [0.25, 0.3) is 0 Å². The summed E-state index contributed by atoms with van der Waals surface area (Å²) in [6, 6.07) is 0.487. The molecule has 0 bridgehead atoms. The van der Waals surface area contributed by atoms with Crippen molar-refractivity contribution in [3.05, 3.63) is 11.8 Å². The monoisotopic (exact) mass is 237 g/mol. The fourth-order valence-corrected chi connectivity index (χ4v) is 3.19. The van der Waals surface area contributed by atoms with Gasteiger partial charge in [0.1, 0.15) is 5.76 Å². The van der Waals surface area contributed by atoms with Crippen LogP contribution in [-0.2, 0) is 4.74 Å². The molecule has 1 saturated carbocycles. The van der Waals surface area contributed by atoms with Crippen molar-refractivity contribution in [2.75, 3.05) is 13.2 Å². The normalized spacial score (nSPS) is 24.6. The van der Waals surface area contributed by atoms with Gasteiger partial charge < -0.3 is 10.1 Å². The largest absolute Gasteiger partial charge is 0.496 e. The molecule has 1 aliphatic carbocycles. The minimum atomic E-state index is 0.487. The third-order valence-electron chi connectivity index (χ3n) is 4.08. The van der Waals surface area contributed by atoms with Crippen molar-refractivity contribution >= 4 is 0 Å². The van der Waals surface area contributed by atoms with Gasteiger partial charge in [0.2, 0.25) is 0 Å². The van der Waals surface area contributed by atoms with Crippen molar-refractivity contribution in [2.24, 2.45) is 5.92 Å². The van der Waals surface area contributed by atoms with Gasteiger partial charge in [0, 0.05) is 6.42 Å². The molecule has 0 saturated heterocycles. The Hall–Kier alpha value is -0.500. The summed E-state index contributed by atoms with van der Waals surface area (Å²) in [4.78, 5) is 0. The smallest absolute Gasteiger partial charge is 0.109 e. The highest BCUT2D eigenvalue weighted by atomic mass is 16.5. The maximum Gasteiger partial charge on any atom is 0.109 e. The molecule has 1 fully saturated rings. The average Bonchev–Trinajstić information content (AvgIpc) is 2.79. The van der Waals surface area contributed by atoms with E-state index >= 15 is 0 Å². The molecule has 1 aliphatic heterocycles. The summed E-state index contributed by atoms with van der Waals surface area (Å²) >= 11 is 0. The molecule has 0 amide bonds. The average molecular weight is 237 g/mol. The van der Waals surface area contributed by atoms with Crippen LogP contribution in [0, 0.1) is 5.92 Å². The molecule has 2 nitrogen and oxygen atoms in total. The third-order valence-corrected chi connectivity index (χ3v) is 4.08. The molecule has 0 spiro atoms. The van der Waals surface area contributed by atoms with Crippen LogP contribution in [0.25, 0.3) is 0 Å². The molecule has 2 heteroatoms. The van der Waals surface area contributed by atoms with Crippen LogP contribution in [0.3, 0.4) is 0 Å². The molecule has 1 atom stereocenters. The first-order valence-electron chi connectivity index (χ1n) is 7.48. The van der Waals surface area contributed by atoms with Gasteiger partial charge in [0.15, 0.2) is 0 Å². The summed E-state index contributed by atoms with van der Waals surface area (Å²) in [5.74, 6) is 2.03. The highest BCUT2D eigenvalue weighted by molar-refractivity contribution is 5.09.